The van der Waals surface area contributed by atoms with E-state index < -0.39 is 0 Å². The first kappa shape index (κ1) is 31.6. The Labute approximate surface area is 322 Å². The SMILES string of the molecule is c1cc(-c2ccc3sc4ccccc4c3c2)cc(N(c2cccc(-c3cccc4oc5ccccc5c34)c2)c2ccccc2-c2cccc3ccccc23)c1. The minimum Gasteiger partial charge on any atom is -0.456 e. The van der Waals surface area contributed by atoms with Gasteiger partial charge in [0, 0.05) is 47.9 Å². The zero-order valence-corrected chi connectivity index (χ0v) is 30.6. The van der Waals surface area contributed by atoms with Gasteiger partial charge < -0.3 is 9.32 Å². The van der Waals surface area contributed by atoms with Crippen molar-refractivity contribution in [2.75, 3.05) is 4.90 Å². The van der Waals surface area contributed by atoms with Gasteiger partial charge in [0.05, 0.1) is 5.69 Å². The number of nitrogens with zero attached hydrogens (tertiary/aromatic N) is 1. The summed E-state index contributed by atoms with van der Waals surface area (Å²) in [6.07, 6.45) is 0. The third-order valence-electron chi connectivity index (χ3n) is 10.9. The summed E-state index contributed by atoms with van der Waals surface area (Å²) >= 11 is 1.86. The van der Waals surface area contributed by atoms with Gasteiger partial charge in [-0.1, -0.05) is 140 Å². The van der Waals surface area contributed by atoms with Gasteiger partial charge in [0.2, 0.25) is 0 Å². The van der Waals surface area contributed by atoms with E-state index in [0.29, 0.717) is 0 Å². The van der Waals surface area contributed by atoms with Crippen LogP contribution in [0.4, 0.5) is 17.1 Å². The molecule has 0 aliphatic heterocycles. The van der Waals surface area contributed by atoms with E-state index in [1.54, 1.807) is 0 Å². The number of thiophene rings is 1. The average molecular weight is 720 g/mol. The molecule has 0 amide bonds. The Hall–Kier alpha value is -6.94. The summed E-state index contributed by atoms with van der Waals surface area (Å²) in [6.45, 7) is 0. The van der Waals surface area contributed by atoms with E-state index in [9.17, 15) is 0 Å². The van der Waals surface area contributed by atoms with Gasteiger partial charge in [-0.25, -0.2) is 0 Å². The lowest BCUT2D eigenvalue weighted by Gasteiger charge is -2.29. The molecule has 0 fully saturated rings. The molecule has 0 aliphatic carbocycles. The van der Waals surface area contributed by atoms with Crippen molar-refractivity contribution in [2.24, 2.45) is 0 Å². The van der Waals surface area contributed by atoms with Crippen LogP contribution in [0.5, 0.6) is 0 Å². The highest BCUT2D eigenvalue weighted by Gasteiger charge is 2.20. The molecule has 0 spiro atoms. The third kappa shape index (κ3) is 5.32. The average Bonchev–Trinajstić information content (AvgIpc) is 3.82. The van der Waals surface area contributed by atoms with Gasteiger partial charge in [-0.15, -0.1) is 11.3 Å². The Morgan fingerprint density at radius 2 is 0.964 bits per heavy atom. The molecule has 3 heteroatoms. The third-order valence-corrected chi connectivity index (χ3v) is 12.0. The molecular formula is C52H33NOS. The summed E-state index contributed by atoms with van der Waals surface area (Å²) < 4.78 is 8.95. The van der Waals surface area contributed by atoms with E-state index in [2.05, 4.69) is 193 Å². The lowest BCUT2D eigenvalue weighted by Crippen LogP contribution is -2.11. The van der Waals surface area contributed by atoms with E-state index in [1.807, 2.05) is 23.5 Å². The molecule has 0 unspecified atom stereocenters. The summed E-state index contributed by atoms with van der Waals surface area (Å²) in [4.78, 5) is 2.43. The summed E-state index contributed by atoms with van der Waals surface area (Å²) in [5.74, 6) is 0. The number of rotatable bonds is 6. The number of hydrogen-bond acceptors (Lipinski definition) is 3. The number of para-hydroxylation sites is 2. The van der Waals surface area contributed by atoms with E-state index in [-0.39, 0.29) is 0 Å². The van der Waals surface area contributed by atoms with E-state index in [4.69, 9.17) is 4.42 Å². The Morgan fingerprint density at radius 1 is 0.364 bits per heavy atom. The van der Waals surface area contributed by atoms with Gasteiger partial charge >= 0.3 is 0 Å². The monoisotopic (exact) mass is 719 g/mol. The summed E-state index contributed by atoms with van der Waals surface area (Å²) in [7, 11) is 0. The van der Waals surface area contributed by atoms with Crippen LogP contribution in [0.25, 0.3) is 86.3 Å². The molecule has 0 saturated heterocycles. The Kier molecular flexibility index (Phi) is 7.39. The lowest BCUT2D eigenvalue weighted by atomic mass is 9.95. The van der Waals surface area contributed by atoms with Crippen LogP contribution in [0.3, 0.4) is 0 Å². The van der Waals surface area contributed by atoms with Crippen LogP contribution in [0.2, 0.25) is 0 Å². The highest BCUT2D eigenvalue weighted by molar-refractivity contribution is 7.25. The molecule has 258 valence electrons. The number of hydrogen-bond donors (Lipinski definition) is 0. The van der Waals surface area contributed by atoms with Crippen molar-refractivity contribution in [3.63, 3.8) is 0 Å². The minimum absolute atomic E-state index is 0.894. The van der Waals surface area contributed by atoms with Crippen molar-refractivity contribution in [3.05, 3.63) is 200 Å². The molecule has 9 aromatic carbocycles. The molecule has 0 radical (unpaired) electrons. The quantitative estimate of drug-likeness (QED) is 0.170. The zero-order chi connectivity index (χ0) is 36.3. The summed E-state index contributed by atoms with van der Waals surface area (Å²) in [6, 6.07) is 72.3. The van der Waals surface area contributed by atoms with Crippen LogP contribution < -0.4 is 4.90 Å². The van der Waals surface area contributed by atoms with E-state index >= 15 is 0 Å². The maximum absolute atomic E-state index is 6.32. The minimum atomic E-state index is 0.894. The molecule has 0 saturated carbocycles. The van der Waals surface area contributed by atoms with Gasteiger partial charge in [0.15, 0.2) is 0 Å². The van der Waals surface area contributed by atoms with Crippen LogP contribution in [-0.2, 0) is 0 Å². The maximum Gasteiger partial charge on any atom is 0.136 e. The van der Waals surface area contributed by atoms with Gasteiger partial charge in [0.1, 0.15) is 11.2 Å². The maximum atomic E-state index is 6.32. The smallest absolute Gasteiger partial charge is 0.136 e. The molecule has 2 nitrogen and oxygen atoms in total. The normalized spacial score (nSPS) is 11.6. The van der Waals surface area contributed by atoms with Crippen molar-refractivity contribution < 1.29 is 4.42 Å². The second kappa shape index (κ2) is 12.9. The second-order valence-electron chi connectivity index (χ2n) is 14.1. The fourth-order valence-corrected chi connectivity index (χ4v) is 9.43. The highest BCUT2D eigenvalue weighted by Crippen LogP contribution is 2.45. The summed E-state index contributed by atoms with van der Waals surface area (Å²) in [5.41, 5.74) is 12.1. The molecule has 0 bridgehead atoms. The molecule has 11 rings (SSSR count). The van der Waals surface area contributed by atoms with Crippen molar-refractivity contribution in [1.82, 2.24) is 0 Å². The molecule has 55 heavy (non-hydrogen) atoms. The predicted molar refractivity (Wildman–Crippen MR) is 235 cm³/mol. The first-order valence-electron chi connectivity index (χ1n) is 18.7. The van der Waals surface area contributed by atoms with Gasteiger partial charge in [-0.2, -0.15) is 0 Å². The van der Waals surface area contributed by atoms with Crippen molar-refractivity contribution >= 4 is 81.3 Å². The Balaban J connectivity index is 1.13. The van der Waals surface area contributed by atoms with Gasteiger partial charge in [-0.05, 0) is 99.3 Å². The molecule has 0 N–H and O–H groups in total. The van der Waals surface area contributed by atoms with Crippen LogP contribution in [-0.4, -0.2) is 0 Å². The van der Waals surface area contributed by atoms with Crippen LogP contribution in [0, 0.1) is 0 Å². The fraction of sp³-hybridized carbons (Fsp3) is 0. The van der Waals surface area contributed by atoms with Gasteiger partial charge in [0.25, 0.3) is 0 Å². The number of furan rings is 1. The van der Waals surface area contributed by atoms with Crippen LogP contribution in [0.1, 0.15) is 0 Å². The number of benzene rings is 9. The standard InChI is InChI=1S/C52H33NOS/c1-2-19-40-34(13-1)14-11-24-42(40)43-20-3-6-25-47(43)53(38-17-9-15-35(31-38)36-29-30-51-46(33-36)44-21-5-8-28-50(44)55-51)39-18-10-16-37(32-39)41-23-12-27-49-52(41)45-22-4-7-26-48(45)54-49/h1-33H. The van der Waals surface area contributed by atoms with Crippen molar-refractivity contribution in [3.8, 4) is 33.4 Å². The Bertz CT molecular complexity index is 3240. The molecule has 0 aliphatic rings. The molecule has 2 heterocycles. The highest BCUT2D eigenvalue weighted by atomic mass is 32.1. The Morgan fingerprint density at radius 3 is 1.87 bits per heavy atom. The predicted octanol–water partition coefficient (Wildman–Crippen LogP) is 15.6. The van der Waals surface area contributed by atoms with Crippen molar-refractivity contribution in [2.45, 2.75) is 0 Å². The first-order chi connectivity index (χ1) is 27.3. The topological polar surface area (TPSA) is 16.4 Å². The largest absolute Gasteiger partial charge is 0.456 e. The molecule has 11 aromatic rings. The summed E-state index contributed by atoms with van der Waals surface area (Å²) in [5, 5.41) is 7.33. The number of anilines is 3. The fourth-order valence-electron chi connectivity index (χ4n) is 8.34. The zero-order valence-electron chi connectivity index (χ0n) is 29.8. The van der Waals surface area contributed by atoms with Crippen LogP contribution in [0.15, 0.2) is 205 Å². The molecular weight excluding hydrogens is 687 g/mol. The van der Waals surface area contributed by atoms with Crippen LogP contribution >= 0.6 is 11.3 Å². The first-order valence-corrected chi connectivity index (χ1v) is 19.5. The lowest BCUT2D eigenvalue weighted by molar-refractivity contribution is 0.669. The van der Waals surface area contributed by atoms with Gasteiger partial charge in [-0.3, -0.25) is 0 Å². The molecule has 2 aromatic heterocycles. The van der Waals surface area contributed by atoms with E-state index in [1.165, 1.54) is 53.2 Å². The van der Waals surface area contributed by atoms with E-state index in [0.717, 1.165) is 50.1 Å². The second-order valence-corrected chi connectivity index (χ2v) is 15.1. The van der Waals surface area contributed by atoms with Crippen molar-refractivity contribution in [1.29, 1.82) is 0 Å². The molecule has 0 atom stereocenters. The number of fused-ring (bicyclic) bond motifs is 7.